The van der Waals surface area contributed by atoms with Crippen molar-refractivity contribution in [2.75, 3.05) is 0 Å². The molecule has 0 fully saturated rings. The van der Waals surface area contributed by atoms with Crippen LogP contribution in [-0.2, 0) is 4.79 Å². The molecule has 0 aliphatic heterocycles. The fourth-order valence-corrected chi connectivity index (χ4v) is 0.156. The molecule has 0 aromatic heterocycles. The Morgan fingerprint density at radius 1 is 1.56 bits per heavy atom. The van der Waals surface area contributed by atoms with Gasteiger partial charge in [0, 0.05) is 0 Å². The van der Waals surface area contributed by atoms with Crippen LogP contribution in [0.2, 0.25) is 0 Å². The van der Waals surface area contributed by atoms with E-state index in [4.69, 9.17) is 0 Å². The normalized spacial score (nSPS) is 15.2. The van der Waals surface area contributed by atoms with E-state index >= 15 is 0 Å². The SMILES string of the molecule is CC(F)C(F)(F)C(=O)F. The van der Waals surface area contributed by atoms with E-state index in [0.29, 0.717) is 6.92 Å². The smallest absolute Gasteiger partial charge is 0.254 e. The van der Waals surface area contributed by atoms with Crippen molar-refractivity contribution >= 4 is 6.04 Å². The predicted octanol–water partition coefficient (Wildman–Crippen LogP) is 1.48. The van der Waals surface area contributed by atoms with Gasteiger partial charge in [-0.15, -0.1) is 0 Å². The molecule has 0 aromatic rings. The van der Waals surface area contributed by atoms with Gasteiger partial charge in [-0.05, 0) is 6.92 Å². The Hall–Kier alpha value is -0.610. The lowest BCUT2D eigenvalue weighted by Crippen LogP contribution is -2.34. The molecule has 0 amide bonds. The van der Waals surface area contributed by atoms with Crippen LogP contribution < -0.4 is 0 Å². The molecule has 1 unspecified atom stereocenters. The van der Waals surface area contributed by atoms with Crippen molar-refractivity contribution in [2.24, 2.45) is 0 Å². The van der Waals surface area contributed by atoms with Gasteiger partial charge in [-0.3, -0.25) is 4.79 Å². The molecule has 0 aliphatic rings. The molecule has 1 nitrogen and oxygen atoms in total. The Bertz CT molecular complexity index is 120. The maximum Gasteiger partial charge on any atom is 0.373 e. The van der Waals surface area contributed by atoms with Crippen molar-refractivity contribution in [3.63, 3.8) is 0 Å². The third-order valence-corrected chi connectivity index (χ3v) is 0.762. The van der Waals surface area contributed by atoms with Crippen molar-refractivity contribution in [3.8, 4) is 0 Å². The third-order valence-electron chi connectivity index (χ3n) is 0.762. The predicted molar refractivity (Wildman–Crippen MR) is 21.6 cm³/mol. The van der Waals surface area contributed by atoms with E-state index < -0.39 is 18.1 Å². The van der Waals surface area contributed by atoms with Gasteiger partial charge in [0.2, 0.25) is 0 Å². The fourth-order valence-electron chi connectivity index (χ4n) is 0.156. The number of hydrogen-bond donors (Lipinski definition) is 0. The fraction of sp³-hybridized carbons (Fsp3) is 0.750. The molecule has 0 aromatic carbocycles. The summed E-state index contributed by atoms with van der Waals surface area (Å²) in [5.41, 5.74) is 0. The van der Waals surface area contributed by atoms with Gasteiger partial charge in [0.1, 0.15) is 0 Å². The summed E-state index contributed by atoms with van der Waals surface area (Å²) in [7, 11) is 0. The second-order valence-electron chi connectivity index (χ2n) is 1.51. The molecule has 9 heavy (non-hydrogen) atoms. The third kappa shape index (κ3) is 1.65. The quantitative estimate of drug-likeness (QED) is 0.423. The van der Waals surface area contributed by atoms with E-state index in [1.807, 2.05) is 0 Å². The first-order chi connectivity index (χ1) is 3.89. The van der Waals surface area contributed by atoms with E-state index in [1.165, 1.54) is 0 Å². The largest absolute Gasteiger partial charge is 0.373 e. The Morgan fingerprint density at radius 3 is 1.89 bits per heavy atom. The lowest BCUT2D eigenvalue weighted by Gasteiger charge is -2.09. The van der Waals surface area contributed by atoms with Crippen LogP contribution in [0.25, 0.3) is 0 Å². The number of hydrogen-bond acceptors (Lipinski definition) is 1. The average molecular weight is 144 g/mol. The molecule has 0 rings (SSSR count). The molecule has 0 bridgehead atoms. The molecule has 0 saturated carbocycles. The van der Waals surface area contributed by atoms with E-state index in [-0.39, 0.29) is 0 Å². The molecule has 54 valence electrons. The highest BCUT2D eigenvalue weighted by molar-refractivity contribution is 5.76. The average Bonchev–Trinajstić information content (AvgIpc) is 1.65. The van der Waals surface area contributed by atoms with Crippen molar-refractivity contribution < 1.29 is 22.4 Å². The standard InChI is InChI=1S/C4H4F4O/c1-2(5)4(7,8)3(6)9/h2H,1H3. The van der Waals surface area contributed by atoms with Crippen LogP contribution in [0.4, 0.5) is 17.6 Å². The summed E-state index contributed by atoms with van der Waals surface area (Å²) >= 11 is 0. The lowest BCUT2D eigenvalue weighted by atomic mass is 10.2. The Balaban J connectivity index is 4.19. The van der Waals surface area contributed by atoms with Gasteiger partial charge in [-0.2, -0.15) is 13.2 Å². The van der Waals surface area contributed by atoms with Gasteiger partial charge in [-0.1, -0.05) is 0 Å². The topological polar surface area (TPSA) is 17.1 Å². The Labute approximate surface area is 48.7 Å². The molecule has 0 aliphatic carbocycles. The van der Waals surface area contributed by atoms with Gasteiger partial charge >= 0.3 is 12.0 Å². The molecular formula is C4H4F4O. The highest BCUT2D eigenvalue weighted by atomic mass is 19.3. The second-order valence-corrected chi connectivity index (χ2v) is 1.51. The number of alkyl halides is 3. The van der Waals surface area contributed by atoms with Crippen LogP contribution >= 0.6 is 0 Å². The Kier molecular flexibility index (Phi) is 2.17. The maximum absolute atomic E-state index is 11.6. The number of carbonyl (C=O) groups is 1. The van der Waals surface area contributed by atoms with E-state index in [1.54, 1.807) is 0 Å². The van der Waals surface area contributed by atoms with Gasteiger partial charge in [-0.25, -0.2) is 4.39 Å². The van der Waals surface area contributed by atoms with Gasteiger partial charge in [0.05, 0.1) is 0 Å². The zero-order chi connectivity index (χ0) is 7.65. The van der Waals surface area contributed by atoms with Gasteiger partial charge in [0.25, 0.3) is 0 Å². The maximum atomic E-state index is 11.6. The van der Waals surface area contributed by atoms with Crippen LogP contribution in [0.1, 0.15) is 6.92 Å². The monoisotopic (exact) mass is 144 g/mol. The molecule has 0 radical (unpaired) electrons. The highest BCUT2D eigenvalue weighted by Gasteiger charge is 2.45. The molecule has 5 heteroatoms. The van der Waals surface area contributed by atoms with Crippen LogP contribution in [0, 0.1) is 0 Å². The van der Waals surface area contributed by atoms with Crippen LogP contribution in [-0.4, -0.2) is 18.1 Å². The summed E-state index contributed by atoms with van der Waals surface area (Å²) in [5, 5.41) is 0. The van der Waals surface area contributed by atoms with Crippen LogP contribution in [0.3, 0.4) is 0 Å². The Morgan fingerprint density at radius 2 is 1.89 bits per heavy atom. The second kappa shape index (κ2) is 2.33. The minimum Gasteiger partial charge on any atom is -0.254 e. The molecule has 0 saturated heterocycles. The van der Waals surface area contributed by atoms with Crippen LogP contribution in [0.15, 0.2) is 0 Å². The lowest BCUT2D eigenvalue weighted by molar-refractivity contribution is -0.164. The van der Waals surface area contributed by atoms with Crippen LogP contribution in [0.5, 0.6) is 0 Å². The van der Waals surface area contributed by atoms with E-state index in [9.17, 15) is 22.4 Å². The van der Waals surface area contributed by atoms with Crippen molar-refractivity contribution in [1.29, 1.82) is 0 Å². The van der Waals surface area contributed by atoms with Crippen molar-refractivity contribution in [2.45, 2.75) is 19.0 Å². The molecule has 0 spiro atoms. The number of rotatable bonds is 2. The number of carbonyl (C=O) groups excluding carboxylic acids is 1. The minimum absolute atomic E-state index is 0.414. The van der Waals surface area contributed by atoms with E-state index in [2.05, 4.69) is 0 Å². The van der Waals surface area contributed by atoms with Gasteiger partial charge in [0.15, 0.2) is 6.17 Å². The van der Waals surface area contributed by atoms with E-state index in [0.717, 1.165) is 0 Å². The van der Waals surface area contributed by atoms with Crippen molar-refractivity contribution in [3.05, 3.63) is 0 Å². The van der Waals surface area contributed by atoms with Gasteiger partial charge < -0.3 is 0 Å². The first kappa shape index (κ1) is 8.39. The molecular weight excluding hydrogens is 140 g/mol. The summed E-state index contributed by atoms with van der Waals surface area (Å²) in [6.07, 6.45) is -2.77. The molecule has 0 heterocycles. The highest BCUT2D eigenvalue weighted by Crippen LogP contribution is 2.22. The number of halogens is 4. The molecule has 1 atom stereocenters. The zero-order valence-electron chi connectivity index (χ0n) is 4.50. The zero-order valence-corrected chi connectivity index (χ0v) is 4.50. The summed E-state index contributed by atoms with van der Waals surface area (Å²) in [6, 6.07) is -2.93. The summed E-state index contributed by atoms with van der Waals surface area (Å²) < 4.78 is 45.8. The first-order valence-electron chi connectivity index (χ1n) is 2.11. The minimum atomic E-state index is -4.47. The summed E-state index contributed by atoms with van der Waals surface area (Å²) in [4.78, 5) is 9.25. The van der Waals surface area contributed by atoms with Crippen molar-refractivity contribution in [1.82, 2.24) is 0 Å². The summed E-state index contributed by atoms with van der Waals surface area (Å²) in [5.74, 6) is -4.47. The first-order valence-corrected chi connectivity index (χ1v) is 2.11. The summed E-state index contributed by atoms with van der Waals surface area (Å²) in [6.45, 7) is 0.414. The molecule has 0 N–H and O–H groups in total.